The van der Waals surface area contributed by atoms with Crippen LogP contribution >= 0.6 is 0 Å². The first-order valence-electron chi connectivity index (χ1n) is 5.52. The largest absolute Gasteiger partial charge is 0.507 e. The highest BCUT2D eigenvalue weighted by molar-refractivity contribution is 5.41. The number of nitrogens with one attached hydrogen (secondary N) is 1. The molecule has 3 N–H and O–H groups in total. The van der Waals surface area contributed by atoms with E-state index in [1.807, 2.05) is 0 Å². The number of ether oxygens (including phenoxy) is 1. The van der Waals surface area contributed by atoms with Gasteiger partial charge in [0.25, 0.3) is 6.43 Å². The van der Waals surface area contributed by atoms with Crippen LogP contribution in [-0.4, -0.2) is 36.4 Å². The fourth-order valence-corrected chi connectivity index (χ4v) is 1.51. The third kappa shape index (κ3) is 3.82. The van der Waals surface area contributed by atoms with Crippen molar-refractivity contribution < 1.29 is 23.7 Å². The van der Waals surface area contributed by atoms with E-state index in [-0.39, 0.29) is 18.3 Å². The third-order valence-electron chi connectivity index (χ3n) is 2.63. The standard InChI is InChI=1S/C12H17F2NO3/c1-7(15-6-11(17)12(13)14)9-4-3-8(18-2)5-10(9)16/h3-5,7,11-12,15-17H,6H2,1-2H3. The monoisotopic (exact) mass is 261 g/mol. The lowest BCUT2D eigenvalue weighted by Crippen LogP contribution is -2.33. The first-order valence-corrected chi connectivity index (χ1v) is 5.52. The van der Waals surface area contributed by atoms with Gasteiger partial charge in [0.1, 0.15) is 17.6 Å². The van der Waals surface area contributed by atoms with Crippen LogP contribution in [-0.2, 0) is 0 Å². The first-order chi connectivity index (χ1) is 8.45. The molecule has 2 atom stereocenters. The van der Waals surface area contributed by atoms with E-state index in [0.29, 0.717) is 11.3 Å². The van der Waals surface area contributed by atoms with Gasteiger partial charge in [-0.05, 0) is 13.0 Å². The second kappa shape index (κ2) is 6.51. The lowest BCUT2D eigenvalue weighted by atomic mass is 10.1. The summed E-state index contributed by atoms with van der Waals surface area (Å²) in [5.74, 6) is 0.525. The van der Waals surface area contributed by atoms with Crippen LogP contribution in [0.4, 0.5) is 8.78 Å². The van der Waals surface area contributed by atoms with Crippen LogP contribution in [0.15, 0.2) is 18.2 Å². The fourth-order valence-electron chi connectivity index (χ4n) is 1.51. The Hall–Kier alpha value is -1.40. The topological polar surface area (TPSA) is 61.7 Å². The molecular weight excluding hydrogens is 244 g/mol. The van der Waals surface area contributed by atoms with Gasteiger partial charge in [-0.1, -0.05) is 6.07 Å². The molecule has 0 fully saturated rings. The molecule has 0 spiro atoms. The molecule has 1 aromatic carbocycles. The molecule has 2 unspecified atom stereocenters. The Morgan fingerprint density at radius 2 is 2.06 bits per heavy atom. The van der Waals surface area contributed by atoms with E-state index in [2.05, 4.69) is 5.32 Å². The molecule has 0 saturated heterocycles. The number of aromatic hydroxyl groups is 1. The van der Waals surface area contributed by atoms with Crippen LogP contribution in [0.25, 0.3) is 0 Å². The van der Waals surface area contributed by atoms with Crippen molar-refractivity contribution in [3.05, 3.63) is 23.8 Å². The third-order valence-corrected chi connectivity index (χ3v) is 2.63. The average Bonchev–Trinajstić information content (AvgIpc) is 2.34. The van der Waals surface area contributed by atoms with Gasteiger partial charge in [0, 0.05) is 24.2 Å². The number of hydrogen-bond donors (Lipinski definition) is 3. The zero-order valence-corrected chi connectivity index (χ0v) is 10.2. The summed E-state index contributed by atoms with van der Waals surface area (Å²) in [4.78, 5) is 0. The molecule has 4 nitrogen and oxygen atoms in total. The van der Waals surface area contributed by atoms with Crippen molar-refractivity contribution in [2.24, 2.45) is 0 Å². The molecule has 102 valence electrons. The van der Waals surface area contributed by atoms with Crippen molar-refractivity contribution in [2.45, 2.75) is 25.5 Å². The van der Waals surface area contributed by atoms with E-state index in [0.717, 1.165) is 0 Å². The number of halogens is 2. The summed E-state index contributed by atoms with van der Waals surface area (Å²) >= 11 is 0. The summed E-state index contributed by atoms with van der Waals surface area (Å²) in [6, 6.07) is 4.39. The lowest BCUT2D eigenvalue weighted by molar-refractivity contribution is -0.00441. The van der Waals surface area contributed by atoms with Gasteiger partial charge in [0.2, 0.25) is 0 Å². The highest BCUT2D eigenvalue weighted by Crippen LogP contribution is 2.28. The van der Waals surface area contributed by atoms with Crippen LogP contribution in [0.2, 0.25) is 0 Å². The number of phenols is 1. The number of hydrogen-bond acceptors (Lipinski definition) is 4. The Balaban J connectivity index is 2.64. The fraction of sp³-hybridized carbons (Fsp3) is 0.500. The zero-order chi connectivity index (χ0) is 13.7. The lowest BCUT2D eigenvalue weighted by Gasteiger charge is -2.18. The molecule has 6 heteroatoms. The average molecular weight is 261 g/mol. The summed E-state index contributed by atoms with van der Waals surface area (Å²) in [5.41, 5.74) is 0.553. The predicted octanol–water partition coefficient (Wildman–Crippen LogP) is 1.68. The second-order valence-electron chi connectivity index (χ2n) is 3.96. The van der Waals surface area contributed by atoms with Gasteiger partial charge in [-0.25, -0.2) is 8.78 Å². The van der Waals surface area contributed by atoms with Gasteiger partial charge < -0.3 is 20.3 Å². The van der Waals surface area contributed by atoms with Crippen LogP contribution in [0.5, 0.6) is 11.5 Å². The number of methoxy groups -OCH3 is 1. The summed E-state index contributed by atoms with van der Waals surface area (Å²) in [6.45, 7) is 1.46. The summed E-state index contributed by atoms with van der Waals surface area (Å²) < 4.78 is 29.1. The summed E-state index contributed by atoms with van der Waals surface area (Å²) in [7, 11) is 1.48. The first kappa shape index (κ1) is 14.7. The molecular formula is C12H17F2NO3. The minimum atomic E-state index is -2.78. The number of benzene rings is 1. The highest BCUT2D eigenvalue weighted by atomic mass is 19.3. The summed E-state index contributed by atoms with van der Waals surface area (Å²) in [5, 5.41) is 21.4. The van der Waals surface area contributed by atoms with Crippen molar-refractivity contribution in [1.29, 1.82) is 0 Å². The van der Waals surface area contributed by atoms with E-state index in [1.165, 1.54) is 13.2 Å². The number of phenolic OH excluding ortho intramolecular Hbond substituents is 1. The number of alkyl halides is 2. The van der Waals surface area contributed by atoms with Gasteiger partial charge >= 0.3 is 0 Å². The second-order valence-corrected chi connectivity index (χ2v) is 3.96. The van der Waals surface area contributed by atoms with Crippen molar-refractivity contribution in [3.8, 4) is 11.5 Å². The molecule has 18 heavy (non-hydrogen) atoms. The van der Waals surface area contributed by atoms with Gasteiger partial charge in [0.05, 0.1) is 7.11 Å². The SMILES string of the molecule is COc1ccc(C(C)NCC(O)C(F)F)c(O)c1. The predicted molar refractivity (Wildman–Crippen MR) is 63.1 cm³/mol. The molecule has 0 bridgehead atoms. The Morgan fingerprint density at radius 3 is 2.56 bits per heavy atom. The molecule has 1 aromatic rings. The molecule has 0 saturated carbocycles. The molecule has 0 aliphatic heterocycles. The van der Waals surface area contributed by atoms with E-state index in [4.69, 9.17) is 9.84 Å². The quantitative estimate of drug-likeness (QED) is 0.729. The number of aliphatic hydroxyl groups excluding tert-OH is 1. The normalized spacial score (nSPS) is 14.6. The van der Waals surface area contributed by atoms with Gasteiger partial charge in [0.15, 0.2) is 0 Å². The molecule has 0 amide bonds. The van der Waals surface area contributed by atoms with Gasteiger partial charge in [-0.3, -0.25) is 0 Å². The smallest absolute Gasteiger partial charge is 0.265 e. The van der Waals surface area contributed by atoms with Crippen LogP contribution in [0.3, 0.4) is 0 Å². The number of aliphatic hydroxyl groups is 1. The Labute approximate surface area is 104 Å². The molecule has 0 radical (unpaired) electrons. The van der Waals surface area contributed by atoms with Crippen LogP contribution in [0, 0.1) is 0 Å². The van der Waals surface area contributed by atoms with Crippen molar-refractivity contribution in [2.75, 3.05) is 13.7 Å². The number of rotatable bonds is 6. The van der Waals surface area contributed by atoms with Crippen molar-refractivity contribution >= 4 is 0 Å². The van der Waals surface area contributed by atoms with Crippen LogP contribution < -0.4 is 10.1 Å². The van der Waals surface area contributed by atoms with E-state index in [1.54, 1.807) is 19.1 Å². The maximum absolute atomic E-state index is 12.1. The zero-order valence-electron chi connectivity index (χ0n) is 10.2. The Morgan fingerprint density at radius 1 is 1.39 bits per heavy atom. The van der Waals surface area contributed by atoms with Crippen molar-refractivity contribution in [3.63, 3.8) is 0 Å². The Kier molecular flexibility index (Phi) is 5.30. The molecule has 0 aromatic heterocycles. The summed E-state index contributed by atoms with van der Waals surface area (Å²) in [6.07, 6.45) is -4.50. The highest BCUT2D eigenvalue weighted by Gasteiger charge is 2.18. The van der Waals surface area contributed by atoms with E-state index in [9.17, 15) is 13.9 Å². The molecule has 0 heterocycles. The maximum atomic E-state index is 12.1. The van der Waals surface area contributed by atoms with Gasteiger partial charge in [-0.15, -0.1) is 0 Å². The molecule has 0 aliphatic carbocycles. The van der Waals surface area contributed by atoms with E-state index < -0.39 is 12.5 Å². The van der Waals surface area contributed by atoms with E-state index >= 15 is 0 Å². The molecule has 1 rings (SSSR count). The van der Waals surface area contributed by atoms with Crippen LogP contribution in [0.1, 0.15) is 18.5 Å². The molecule has 0 aliphatic rings. The maximum Gasteiger partial charge on any atom is 0.265 e. The Bertz CT molecular complexity index is 388. The van der Waals surface area contributed by atoms with Crippen molar-refractivity contribution in [1.82, 2.24) is 5.32 Å². The minimum Gasteiger partial charge on any atom is -0.507 e. The van der Waals surface area contributed by atoms with Gasteiger partial charge in [-0.2, -0.15) is 0 Å². The minimum absolute atomic E-state index is 0.0147.